The highest BCUT2D eigenvalue weighted by molar-refractivity contribution is 6.13. The summed E-state index contributed by atoms with van der Waals surface area (Å²) in [6.07, 6.45) is 4.24. The summed E-state index contributed by atoms with van der Waals surface area (Å²) in [6, 6.07) is 8.32. The Balaban J connectivity index is 0.932. The van der Waals surface area contributed by atoms with Crippen molar-refractivity contribution in [1.29, 1.82) is 0 Å². The van der Waals surface area contributed by atoms with Crippen molar-refractivity contribution < 1.29 is 71.7 Å². The van der Waals surface area contributed by atoms with Crippen LogP contribution in [0.25, 0.3) is 22.3 Å². The summed E-state index contributed by atoms with van der Waals surface area (Å²) < 4.78 is 27.6. The molecule has 0 saturated heterocycles. The number of aryl methyl sites for hydroxylation is 1. The van der Waals surface area contributed by atoms with E-state index in [1.165, 1.54) is 22.8 Å². The molecule has 4 atom stereocenters. The average Bonchev–Trinajstić information content (AvgIpc) is 1.62. The molecule has 27 heteroatoms. The predicted molar refractivity (Wildman–Crippen MR) is 326 cm³/mol. The number of alkyl carbamates (subject to hydrolysis) is 1. The Morgan fingerprint density at radius 1 is 0.846 bits per heavy atom. The molecular formula is C64H78FN11O15. The molecule has 0 saturated carbocycles. The number of pyridine rings is 2. The Morgan fingerprint density at radius 3 is 2.25 bits per heavy atom. The maximum atomic E-state index is 15.6. The van der Waals surface area contributed by atoms with Gasteiger partial charge in [0.05, 0.1) is 48.1 Å². The standard InChI is InChI=1S/C64H78FN11O15/c1-6-64(89)41-29-47-57-39(33-76(47)59(85)40(41)35-90-61(64)87)56-43(22-21-38-36(2)42(65)30-45(72-57)55(38)56)69-49(78)20-15-26-74(34-52(81)73-62(88)91-63(3,4)5)60(86)46(28-37-16-9-7-10-17-37)71-51(80)32-67-50(79)31-68-58(84)44(18-12-13-25-66)70-48(77)19-11-8-14-27-75-53(82)23-24-54(75)83/h7,9-10,16-17,23-24,29-30,43-44,46,89H,6,8,11-15,18-22,25-28,31-35,66H2,1-5H3,(H,67,79)(H,68,84)(H,69,78)(H,70,77)(H,71,80)(H,73,81,88)/t43-,44-,46-,64-/m0/s1. The zero-order chi connectivity index (χ0) is 65.9. The molecule has 0 radical (unpaired) electrons. The van der Waals surface area contributed by atoms with E-state index in [4.69, 9.17) is 20.2 Å². The number of unbranched alkanes of at least 4 members (excludes halogenated alkanes) is 3. The van der Waals surface area contributed by atoms with E-state index in [0.717, 1.165) is 9.80 Å². The van der Waals surface area contributed by atoms with E-state index in [1.807, 2.05) is 0 Å². The molecule has 0 fully saturated rings. The van der Waals surface area contributed by atoms with Crippen molar-refractivity contribution in [3.8, 4) is 11.4 Å². The second-order valence-corrected chi connectivity index (χ2v) is 24.1. The van der Waals surface area contributed by atoms with Crippen LogP contribution in [0.4, 0.5) is 9.18 Å². The number of rotatable bonds is 28. The molecule has 486 valence electrons. The van der Waals surface area contributed by atoms with Gasteiger partial charge < -0.3 is 56.4 Å². The van der Waals surface area contributed by atoms with Crippen LogP contribution in [0.2, 0.25) is 0 Å². The van der Waals surface area contributed by atoms with E-state index in [2.05, 4.69) is 31.9 Å². The maximum Gasteiger partial charge on any atom is 0.414 e. The number of hydrogen-bond acceptors (Lipinski definition) is 17. The highest BCUT2D eigenvalue weighted by Gasteiger charge is 2.46. The lowest BCUT2D eigenvalue weighted by atomic mass is 9.81. The van der Waals surface area contributed by atoms with Gasteiger partial charge in [0.25, 0.3) is 17.4 Å². The minimum Gasteiger partial charge on any atom is -0.458 e. The molecule has 0 spiro atoms. The van der Waals surface area contributed by atoms with Gasteiger partial charge in [0.1, 0.15) is 36.7 Å². The van der Waals surface area contributed by atoms with E-state index < -0.39 is 126 Å². The summed E-state index contributed by atoms with van der Waals surface area (Å²) in [5.41, 5.74) is 6.03. The van der Waals surface area contributed by atoms with Crippen LogP contribution >= 0.6 is 0 Å². The Labute approximate surface area is 524 Å². The van der Waals surface area contributed by atoms with Crippen LogP contribution in [-0.2, 0) is 89.0 Å². The molecular weight excluding hydrogens is 1180 g/mol. The van der Waals surface area contributed by atoms with Gasteiger partial charge in [-0.3, -0.25) is 58.2 Å². The molecule has 4 aliphatic rings. The lowest BCUT2D eigenvalue weighted by molar-refractivity contribution is -0.172. The molecule has 9 N–H and O–H groups in total. The fourth-order valence-corrected chi connectivity index (χ4v) is 11.8. The lowest BCUT2D eigenvalue weighted by Gasteiger charge is -2.31. The van der Waals surface area contributed by atoms with Crippen LogP contribution in [-0.4, -0.2) is 147 Å². The first-order chi connectivity index (χ1) is 43.3. The summed E-state index contributed by atoms with van der Waals surface area (Å²) in [7, 11) is 0. The van der Waals surface area contributed by atoms with Crippen LogP contribution in [0.3, 0.4) is 0 Å². The molecule has 2 aromatic carbocycles. The lowest BCUT2D eigenvalue weighted by Crippen LogP contribution is -2.54. The number of hydrogen-bond donors (Lipinski definition) is 8. The van der Waals surface area contributed by atoms with Crippen LogP contribution < -0.4 is 43.2 Å². The van der Waals surface area contributed by atoms with Crippen molar-refractivity contribution in [1.82, 2.24) is 51.3 Å². The maximum absolute atomic E-state index is 15.6. The number of nitrogens with zero attached hydrogens (tertiary/aromatic N) is 4. The molecule has 91 heavy (non-hydrogen) atoms. The van der Waals surface area contributed by atoms with Crippen molar-refractivity contribution in [2.75, 3.05) is 39.3 Å². The first-order valence-corrected chi connectivity index (χ1v) is 30.6. The Hall–Kier alpha value is -9.24. The number of aliphatic hydroxyl groups is 1. The van der Waals surface area contributed by atoms with E-state index in [0.29, 0.717) is 96.1 Å². The molecule has 3 aliphatic heterocycles. The largest absolute Gasteiger partial charge is 0.458 e. The number of imide groups is 2. The summed E-state index contributed by atoms with van der Waals surface area (Å²) in [5, 5.41) is 27.6. The summed E-state index contributed by atoms with van der Waals surface area (Å²) >= 11 is 0. The number of nitrogens with two attached hydrogens (primary N) is 1. The van der Waals surface area contributed by atoms with Gasteiger partial charge in [-0.05, 0) is 120 Å². The first-order valence-electron chi connectivity index (χ1n) is 30.6. The first kappa shape index (κ1) is 67.7. The Kier molecular flexibility index (Phi) is 22.0. The van der Waals surface area contributed by atoms with Crippen LogP contribution in [0.5, 0.6) is 0 Å². The molecule has 10 amide bonds. The fourth-order valence-electron chi connectivity index (χ4n) is 11.8. The van der Waals surface area contributed by atoms with E-state index >= 15 is 4.39 Å². The smallest absolute Gasteiger partial charge is 0.414 e. The average molecular weight is 1260 g/mol. The number of fused-ring (bicyclic) bond motifs is 5. The monoisotopic (exact) mass is 1260 g/mol. The van der Waals surface area contributed by atoms with Crippen molar-refractivity contribution in [3.63, 3.8) is 0 Å². The van der Waals surface area contributed by atoms with Gasteiger partial charge in [-0.1, -0.05) is 43.7 Å². The van der Waals surface area contributed by atoms with Crippen LogP contribution in [0, 0.1) is 12.7 Å². The van der Waals surface area contributed by atoms with Crippen molar-refractivity contribution in [2.45, 2.75) is 161 Å². The second kappa shape index (κ2) is 29.6. The third-order valence-corrected chi connectivity index (χ3v) is 16.4. The Morgan fingerprint density at radius 2 is 1.55 bits per heavy atom. The molecule has 0 unspecified atom stereocenters. The van der Waals surface area contributed by atoms with Gasteiger partial charge in [0.15, 0.2) is 5.60 Å². The number of nitrogens with one attached hydrogen (secondary N) is 6. The van der Waals surface area contributed by atoms with Gasteiger partial charge in [-0.2, -0.15) is 0 Å². The van der Waals surface area contributed by atoms with Gasteiger partial charge in [0, 0.05) is 67.1 Å². The van der Waals surface area contributed by atoms with Crippen molar-refractivity contribution in [3.05, 3.63) is 110 Å². The normalized spacial score (nSPS) is 16.8. The number of carbonyl (C=O) groups excluding carboxylic acids is 11. The summed E-state index contributed by atoms with van der Waals surface area (Å²) in [5.74, 6) is -7.11. The second-order valence-electron chi connectivity index (χ2n) is 24.1. The number of cyclic esters (lactones) is 1. The molecule has 1 aliphatic carbocycles. The SMILES string of the molecule is CC[C@@]1(O)C(=O)OCc2c1cc1n(c2=O)Cc2c-1nc1cc(F)c(C)c3c1c2[C@@H](NC(=O)CCCN(CC(=O)NC(=O)OC(C)(C)C)C(=O)[C@H](Cc1ccccc1)NC(=O)CNC(=O)CNC(=O)[C@H](CCCCN)NC(=O)CCCCCN1C(=O)C=CC1=O)CC3. The molecule has 0 bridgehead atoms. The summed E-state index contributed by atoms with van der Waals surface area (Å²) in [4.78, 5) is 166. The van der Waals surface area contributed by atoms with Crippen LogP contribution in [0.15, 0.2) is 59.4 Å². The van der Waals surface area contributed by atoms with Crippen LogP contribution in [0.1, 0.15) is 143 Å². The van der Waals surface area contributed by atoms with Gasteiger partial charge in [0.2, 0.25) is 41.4 Å². The molecule has 8 rings (SSSR count). The molecule has 2 aromatic heterocycles. The minimum atomic E-state index is -2.10. The molecule has 26 nitrogen and oxygen atoms in total. The third-order valence-electron chi connectivity index (χ3n) is 16.4. The minimum absolute atomic E-state index is 0.00254. The van der Waals surface area contributed by atoms with E-state index in [9.17, 15) is 62.6 Å². The zero-order valence-electron chi connectivity index (χ0n) is 51.7. The topological polar surface area (TPSA) is 366 Å². The van der Waals surface area contributed by atoms with Gasteiger partial charge in [-0.15, -0.1) is 0 Å². The highest BCUT2D eigenvalue weighted by atomic mass is 19.1. The predicted octanol–water partition coefficient (Wildman–Crippen LogP) is 2.35. The van der Waals surface area contributed by atoms with E-state index in [-0.39, 0.29) is 81.4 Å². The van der Waals surface area contributed by atoms with Gasteiger partial charge >= 0.3 is 12.1 Å². The third kappa shape index (κ3) is 16.4. The van der Waals surface area contributed by atoms with Crippen molar-refractivity contribution >= 4 is 76.1 Å². The number of carbonyl (C=O) groups is 11. The van der Waals surface area contributed by atoms with E-state index in [1.54, 1.807) is 71.0 Å². The summed E-state index contributed by atoms with van der Waals surface area (Å²) in [6.45, 7) is 5.96. The van der Waals surface area contributed by atoms with Crippen molar-refractivity contribution in [2.24, 2.45) is 5.73 Å². The van der Waals surface area contributed by atoms with Gasteiger partial charge in [-0.25, -0.2) is 19.0 Å². The fraction of sp³-hybridized carbons (Fsp3) is 0.484. The zero-order valence-corrected chi connectivity index (χ0v) is 51.7. The number of benzene rings is 2. The number of ether oxygens (including phenoxy) is 2. The number of amides is 10. The molecule has 4 aromatic rings. The Bertz CT molecular complexity index is 3620. The highest BCUT2D eigenvalue weighted by Crippen LogP contribution is 2.46. The quantitative estimate of drug-likeness (QED) is 0.0202. The number of esters is 1. The number of halogens is 1. The number of aromatic nitrogens is 2. The molecule has 5 heterocycles.